The van der Waals surface area contributed by atoms with Crippen LogP contribution in [0.3, 0.4) is 0 Å². The van der Waals surface area contributed by atoms with Gasteiger partial charge in [-0.25, -0.2) is 0 Å². The predicted octanol–water partition coefficient (Wildman–Crippen LogP) is 2.07. The van der Waals surface area contributed by atoms with Gasteiger partial charge in [0.25, 0.3) is 5.69 Å². The Morgan fingerprint density at radius 1 is 1.43 bits per heavy atom. The minimum Gasteiger partial charge on any atom is -0.321 e. The van der Waals surface area contributed by atoms with Gasteiger partial charge in [-0.15, -0.1) is 0 Å². The van der Waals surface area contributed by atoms with Crippen molar-refractivity contribution in [2.24, 2.45) is 11.8 Å². The lowest BCUT2D eigenvalue weighted by atomic mass is 10.1. The Morgan fingerprint density at radius 2 is 2.14 bits per heavy atom. The van der Waals surface area contributed by atoms with Crippen LogP contribution in [0.5, 0.6) is 0 Å². The highest BCUT2D eigenvalue weighted by Crippen LogP contribution is 2.40. The fraction of sp³-hybridized carbons (Fsp3) is 0.533. The van der Waals surface area contributed by atoms with Crippen molar-refractivity contribution in [3.05, 3.63) is 39.9 Å². The summed E-state index contributed by atoms with van der Waals surface area (Å²) in [6, 6.07) is 6.27. The molecule has 6 nitrogen and oxygen atoms in total. The molecule has 0 spiro atoms. The molecule has 1 aliphatic carbocycles. The molecule has 6 heteroatoms. The highest BCUT2D eigenvalue weighted by molar-refractivity contribution is 5.84. The van der Waals surface area contributed by atoms with Crippen LogP contribution in [0.25, 0.3) is 0 Å². The molecule has 21 heavy (non-hydrogen) atoms. The molecule has 0 bridgehead atoms. The minimum atomic E-state index is -0.406. The molecule has 0 aromatic heterocycles. The first kappa shape index (κ1) is 14.0. The Hall–Kier alpha value is -1.95. The van der Waals surface area contributed by atoms with Crippen LogP contribution >= 0.6 is 0 Å². The van der Waals surface area contributed by atoms with Crippen LogP contribution < -0.4 is 5.32 Å². The van der Waals surface area contributed by atoms with Gasteiger partial charge in [-0.05, 0) is 30.7 Å². The number of carbonyl (C=O) groups is 1. The number of nitro groups is 1. The summed E-state index contributed by atoms with van der Waals surface area (Å²) < 4.78 is 0. The first-order chi connectivity index (χ1) is 9.97. The molecule has 1 amide bonds. The molecule has 2 aliphatic rings. The van der Waals surface area contributed by atoms with Gasteiger partial charge < -0.3 is 4.90 Å². The van der Waals surface area contributed by atoms with Crippen molar-refractivity contribution in [1.82, 2.24) is 10.2 Å². The largest absolute Gasteiger partial charge is 0.321 e. The fourth-order valence-corrected chi connectivity index (χ4v) is 2.96. The third kappa shape index (κ3) is 2.63. The van der Waals surface area contributed by atoms with E-state index in [1.165, 1.54) is 6.07 Å². The molecule has 1 aromatic rings. The fourth-order valence-electron chi connectivity index (χ4n) is 2.96. The van der Waals surface area contributed by atoms with Gasteiger partial charge in [-0.3, -0.25) is 20.2 Å². The number of benzene rings is 1. The maximum Gasteiger partial charge on any atom is 0.269 e. The first-order valence-corrected chi connectivity index (χ1v) is 7.28. The SMILES string of the molecule is CC1NC(c2cccc([N+](=O)[O-])c2)N(CC2CC2C)C1=O. The number of nitrogens with zero attached hydrogens (tertiary/aromatic N) is 2. The maximum atomic E-state index is 12.3. The van der Waals surface area contributed by atoms with Gasteiger partial charge in [0.05, 0.1) is 11.0 Å². The second-order valence-corrected chi connectivity index (χ2v) is 6.11. The molecular formula is C15H19N3O3. The maximum absolute atomic E-state index is 12.3. The molecule has 4 atom stereocenters. The van der Waals surface area contributed by atoms with Gasteiger partial charge in [-0.2, -0.15) is 0 Å². The highest BCUT2D eigenvalue weighted by atomic mass is 16.6. The topological polar surface area (TPSA) is 75.5 Å². The zero-order valence-electron chi connectivity index (χ0n) is 12.2. The molecule has 1 saturated heterocycles. The van der Waals surface area contributed by atoms with Crippen LogP contribution in [0, 0.1) is 22.0 Å². The Kier molecular flexibility index (Phi) is 3.41. The summed E-state index contributed by atoms with van der Waals surface area (Å²) in [7, 11) is 0. The number of nitro benzene ring substituents is 1. The molecule has 3 rings (SSSR count). The Morgan fingerprint density at radius 3 is 2.76 bits per heavy atom. The van der Waals surface area contributed by atoms with Gasteiger partial charge in [0, 0.05) is 18.7 Å². The normalized spacial score (nSPS) is 31.5. The van der Waals surface area contributed by atoms with E-state index < -0.39 is 4.92 Å². The summed E-state index contributed by atoms with van der Waals surface area (Å²) in [5.74, 6) is 1.30. The standard InChI is InChI=1S/C15H19N3O3/c1-9-6-12(9)8-17-14(16-10(2)15(17)19)11-4-3-5-13(7-11)18(20)21/h3-5,7,9-10,12,14,16H,6,8H2,1-2H3. The second-order valence-electron chi connectivity index (χ2n) is 6.11. The molecule has 1 saturated carbocycles. The van der Waals surface area contributed by atoms with Gasteiger partial charge >= 0.3 is 0 Å². The van der Waals surface area contributed by atoms with Crippen LogP contribution in [0.4, 0.5) is 5.69 Å². The summed E-state index contributed by atoms with van der Waals surface area (Å²) in [4.78, 5) is 24.6. The molecule has 4 unspecified atom stereocenters. The van der Waals surface area contributed by atoms with Crippen molar-refractivity contribution >= 4 is 11.6 Å². The Balaban J connectivity index is 1.86. The van der Waals surface area contributed by atoms with Crippen LogP contribution in [0.2, 0.25) is 0 Å². The Labute approximate surface area is 123 Å². The molecule has 1 N–H and O–H groups in total. The first-order valence-electron chi connectivity index (χ1n) is 7.28. The Bertz CT molecular complexity index is 589. The summed E-state index contributed by atoms with van der Waals surface area (Å²) >= 11 is 0. The molecule has 1 heterocycles. The second kappa shape index (κ2) is 5.11. The van der Waals surface area contributed by atoms with E-state index >= 15 is 0 Å². The van der Waals surface area contributed by atoms with Crippen molar-refractivity contribution in [2.75, 3.05) is 6.54 Å². The molecular weight excluding hydrogens is 270 g/mol. The van der Waals surface area contributed by atoms with E-state index in [0.29, 0.717) is 11.8 Å². The third-order valence-electron chi connectivity index (χ3n) is 4.48. The number of nitrogens with one attached hydrogen (secondary N) is 1. The predicted molar refractivity (Wildman–Crippen MR) is 77.4 cm³/mol. The monoisotopic (exact) mass is 289 g/mol. The summed E-state index contributed by atoms with van der Waals surface area (Å²) in [5.41, 5.74) is 0.830. The highest BCUT2D eigenvalue weighted by Gasteiger charge is 2.42. The molecule has 1 aliphatic heterocycles. The average Bonchev–Trinajstić information content (AvgIpc) is 3.09. The van der Waals surface area contributed by atoms with Crippen molar-refractivity contribution in [3.8, 4) is 0 Å². The molecule has 112 valence electrons. The smallest absolute Gasteiger partial charge is 0.269 e. The van der Waals surface area contributed by atoms with Crippen LogP contribution in [0.1, 0.15) is 32.0 Å². The molecule has 2 fully saturated rings. The zero-order chi connectivity index (χ0) is 15.1. The lowest BCUT2D eigenvalue weighted by Gasteiger charge is -2.24. The van der Waals surface area contributed by atoms with Gasteiger partial charge in [0.2, 0.25) is 5.91 Å². The van der Waals surface area contributed by atoms with E-state index in [4.69, 9.17) is 0 Å². The average molecular weight is 289 g/mol. The minimum absolute atomic E-state index is 0.0565. The lowest BCUT2D eigenvalue weighted by Crippen LogP contribution is -2.32. The van der Waals surface area contributed by atoms with E-state index in [1.54, 1.807) is 12.1 Å². The zero-order valence-corrected chi connectivity index (χ0v) is 12.2. The van der Waals surface area contributed by atoms with Gasteiger partial charge in [0.1, 0.15) is 6.17 Å². The number of hydrogen-bond acceptors (Lipinski definition) is 4. The van der Waals surface area contributed by atoms with Gasteiger partial charge in [0.15, 0.2) is 0 Å². The van der Waals surface area contributed by atoms with E-state index in [1.807, 2.05) is 17.9 Å². The molecule has 0 radical (unpaired) electrons. The van der Waals surface area contributed by atoms with Crippen LogP contribution in [-0.4, -0.2) is 28.3 Å². The van der Waals surface area contributed by atoms with Gasteiger partial charge in [-0.1, -0.05) is 19.1 Å². The van der Waals surface area contributed by atoms with Crippen molar-refractivity contribution in [1.29, 1.82) is 0 Å². The van der Waals surface area contributed by atoms with E-state index in [9.17, 15) is 14.9 Å². The summed E-state index contributed by atoms with van der Waals surface area (Å²) in [5, 5.41) is 14.2. The van der Waals surface area contributed by atoms with Crippen LogP contribution in [0.15, 0.2) is 24.3 Å². The number of carbonyl (C=O) groups excluding carboxylic acids is 1. The van der Waals surface area contributed by atoms with E-state index in [-0.39, 0.29) is 23.8 Å². The van der Waals surface area contributed by atoms with Crippen molar-refractivity contribution < 1.29 is 9.72 Å². The number of amides is 1. The van der Waals surface area contributed by atoms with E-state index in [2.05, 4.69) is 12.2 Å². The molecule has 1 aromatic carbocycles. The number of hydrogen-bond donors (Lipinski definition) is 1. The van der Waals surface area contributed by atoms with Crippen molar-refractivity contribution in [2.45, 2.75) is 32.5 Å². The quantitative estimate of drug-likeness (QED) is 0.680. The number of rotatable bonds is 4. The lowest BCUT2D eigenvalue weighted by molar-refractivity contribution is -0.385. The van der Waals surface area contributed by atoms with Crippen LogP contribution in [-0.2, 0) is 4.79 Å². The summed E-state index contributed by atoms with van der Waals surface area (Å²) in [6.45, 7) is 4.75. The number of non-ortho nitro benzene ring substituents is 1. The van der Waals surface area contributed by atoms with E-state index in [0.717, 1.165) is 18.5 Å². The third-order valence-corrected chi connectivity index (χ3v) is 4.48. The summed E-state index contributed by atoms with van der Waals surface area (Å²) in [6.07, 6.45) is 0.889. The van der Waals surface area contributed by atoms with Crippen molar-refractivity contribution in [3.63, 3.8) is 0 Å².